The van der Waals surface area contributed by atoms with Gasteiger partial charge in [0, 0.05) is 0 Å². The lowest BCUT2D eigenvalue weighted by atomic mass is 10.1. The van der Waals surface area contributed by atoms with E-state index in [9.17, 15) is 13.2 Å². The summed E-state index contributed by atoms with van der Waals surface area (Å²) in [5.74, 6) is 0.209. The zero-order valence-corrected chi connectivity index (χ0v) is 9.76. The highest BCUT2D eigenvalue weighted by molar-refractivity contribution is 6.49. The fourth-order valence-electron chi connectivity index (χ4n) is 1.85. The van der Waals surface area contributed by atoms with Gasteiger partial charge in [0.05, 0.1) is 0 Å². The zero-order valence-electron chi connectivity index (χ0n) is 8.25. The van der Waals surface area contributed by atoms with E-state index >= 15 is 0 Å². The molecule has 0 aliphatic heterocycles. The van der Waals surface area contributed by atoms with Crippen molar-refractivity contribution in [1.82, 2.24) is 0 Å². The molecule has 5 heteroatoms. The van der Waals surface area contributed by atoms with Crippen molar-refractivity contribution in [2.75, 3.05) is 0 Å². The molecule has 0 aromatic rings. The van der Waals surface area contributed by atoms with Crippen molar-refractivity contribution >= 4 is 23.2 Å². The molecule has 0 spiro atoms. The summed E-state index contributed by atoms with van der Waals surface area (Å²) < 4.78 is 34.4. The molecule has 0 radical (unpaired) electrons. The van der Waals surface area contributed by atoms with Crippen molar-refractivity contribution in [3.05, 3.63) is 0 Å². The molecule has 0 heterocycles. The first-order chi connectivity index (χ1) is 6.00. The molecule has 1 rings (SSSR count). The van der Waals surface area contributed by atoms with E-state index in [2.05, 4.69) is 0 Å². The third-order valence-corrected chi connectivity index (χ3v) is 4.25. The first-order valence-corrected chi connectivity index (χ1v) is 5.20. The maximum Gasteiger partial charge on any atom is 0.421 e. The van der Waals surface area contributed by atoms with Crippen LogP contribution in [0.1, 0.15) is 27.2 Å². The summed E-state index contributed by atoms with van der Waals surface area (Å²) in [6, 6.07) is 0. The Balaban J connectivity index is 2.63. The van der Waals surface area contributed by atoms with Crippen LogP contribution >= 0.6 is 23.2 Å². The summed E-state index contributed by atoms with van der Waals surface area (Å²) in [7, 11) is 0. The maximum absolute atomic E-state index is 12.3. The fourth-order valence-corrected chi connectivity index (χ4v) is 2.18. The Hall–Kier alpha value is 0.370. The van der Waals surface area contributed by atoms with E-state index in [0.717, 1.165) is 0 Å². The largest absolute Gasteiger partial charge is 0.421 e. The second-order valence-electron chi connectivity index (χ2n) is 4.62. The van der Waals surface area contributed by atoms with Crippen molar-refractivity contribution in [3.8, 4) is 0 Å². The van der Waals surface area contributed by atoms with Crippen molar-refractivity contribution in [3.63, 3.8) is 0 Å². The first kappa shape index (κ1) is 12.4. The molecule has 0 amide bonds. The van der Waals surface area contributed by atoms with Gasteiger partial charge in [0.15, 0.2) is 0 Å². The molecular formula is C9H13Cl2F3. The molecule has 1 aliphatic rings. The second kappa shape index (κ2) is 3.18. The van der Waals surface area contributed by atoms with Crippen LogP contribution in [0.3, 0.4) is 0 Å². The normalized spacial score (nSPS) is 31.7. The molecule has 0 N–H and O–H groups in total. The molecule has 0 bridgehead atoms. The third-order valence-electron chi connectivity index (χ3n) is 3.51. The quantitative estimate of drug-likeness (QED) is 0.636. The third kappa shape index (κ3) is 1.99. The van der Waals surface area contributed by atoms with Gasteiger partial charge in [-0.1, -0.05) is 44.0 Å². The average molecular weight is 249 g/mol. The summed E-state index contributed by atoms with van der Waals surface area (Å²) in [6.45, 7) is 5.79. The number of rotatable bonds is 2. The second-order valence-corrected chi connectivity index (χ2v) is 6.11. The van der Waals surface area contributed by atoms with Gasteiger partial charge >= 0.3 is 6.18 Å². The smallest absolute Gasteiger partial charge is 0.168 e. The lowest BCUT2D eigenvalue weighted by Gasteiger charge is -2.23. The highest BCUT2D eigenvalue weighted by Gasteiger charge is 2.62. The lowest BCUT2D eigenvalue weighted by Crippen LogP contribution is -2.34. The van der Waals surface area contributed by atoms with Crippen LogP contribution in [0.25, 0.3) is 0 Å². The Labute approximate surface area is 91.8 Å². The molecule has 0 aromatic heterocycles. The molecule has 0 aromatic carbocycles. The molecule has 2 unspecified atom stereocenters. The number of halogens is 5. The van der Waals surface area contributed by atoms with E-state index < -0.39 is 10.5 Å². The summed E-state index contributed by atoms with van der Waals surface area (Å²) in [5.41, 5.74) is -0.0692. The van der Waals surface area contributed by atoms with E-state index in [-0.39, 0.29) is 23.7 Å². The summed E-state index contributed by atoms with van der Waals surface area (Å²) in [6.07, 6.45) is -4.76. The monoisotopic (exact) mass is 248 g/mol. The van der Waals surface area contributed by atoms with Gasteiger partial charge in [-0.2, -0.15) is 13.2 Å². The van der Waals surface area contributed by atoms with E-state index in [0.29, 0.717) is 0 Å². The molecule has 0 nitrogen and oxygen atoms in total. The van der Waals surface area contributed by atoms with Crippen LogP contribution in [0, 0.1) is 17.3 Å². The van der Waals surface area contributed by atoms with Crippen LogP contribution in [0.15, 0.2) is 0 Å². The summed E-state index contributed by atoms with van der Waals surface area (Å²) in [4.78, 5) is 0. The summed E-state index contributed by atoms with van der Waals surface area (Å²) in [5, 5.41) is 0. The van der Waals surface area contributed by atoms with Gasteiger partial charge in [-0.25, -0.2) is 0 Å². The minimum Gasteiger partial charge on any atom is -0.168 e. The summed E-state index contributed by atoms with van der Waals surface area (Å²) >= 11 is 10.6. The van der Waals surface area contributed by atoms with Gasteiger partial charge in [0.25, 0.3) is 0 Å². The molecular weight excluding hydrogens is 236 g/mol. The Morgan fingerprint density at radius 1 is 1.21 bits per heavy atom. The highest BCUT2D eigenvalue weighted by Crippen LogP contribution is 2.63. The van der Waals surface area contributed by atoms with Crippen LogP contribution in [0.2, 0.25) is 0 Å². The van der Waals surface area contributed by atoms with Crippen molar-refractivity contribution < 1.29 is 13.2 Å². The number of hydrogen-bond acceptors (Lipinski definition) is 0. The standard InChI is InChI=1S/C9H13Cl2F3/c1-5-6(7(5,2)3)4-8(10,11)9(12,13)14/h5-6H,4H2,1-3H3. The fraction of sp³-hybridized carbons (Fsp3) is 1.00. The molecule has 1 aliphatic carbocycles. The Morgan fingerprint density at radius 3 is 1.79 bits per heavy atom. The SMILES string of the molecule is CC1C(CC(Cl)(Cl)C(F)(F)F)C1(C)C. The van der Waals surface area contributed by atoms with Gasteiger partial charge in [0.1, 0.15) is 0 Å². The van der Waals surface area contributed by atoms with Crippen molar-refractivity contribution in [1.29, 1.82) is 0 Å². The van der Waals surface area contributed by atoms with Gasteiger partial charge in [-0.3, -0.25) is 0 Å². The molecule has 0 saturated heterocycles. The Morgan fingerprint density at radius 2 is 1.57 bits per heavy atom. The van der Waals surface area contributed by atoms with Crippen molar-refractivity contribution in [2.24, 2.45) is 17.3 Å². The van der Waals surface area contributed by atoms with Crippen LogP contribution in [-0.4, -0.2) is 10.5 Å². The van der Waals surface area contributed by atoms with Crippen LogP contribution < -0.4 is 0 Å². The average Bonchev–Trinajstić information content (AvgIpc) is 2.35. The number of hydrogen-bond donors (Lipinski definition) is 0. The first-order valence-electron chi connectivity index (χ1n) is 4.44. The van der Waals surface area contributed by atoms with Crippen LogP contribution in [-0.2, 0) is 0 Å². The molecule has 1 saturated carbocycles. The number of alkyl halides is 5. The van der Waals surface area contributed by atoms with E-state index in [1.54, 1.807) is 0 Å². The van der Waals surface area contributed by atoms with Gasteiger partial charge in [-0.05, 0) is 23.7 Å². The molecule has 1 fully saturated rings. The van der Waals surface area contributed by atoms with Crippen LogP contribution in [0.4, 0.5) is 13.2 Å². The lowest BCUT2D eigenvalue weighted by molar-refractivity contribution is -0.144. The zero-order chi connectivity index (χ0) is 11.4. The van der Waals surface area contributed by atoms with Gasteiger partial charge in [-0.15, -0.1) is 0 Å². The minimum atomic E-state index is -4.55. The minimum absolute atomic E-state index is 0.0425. The predicted octanol–water partition coefficient (Wildman–Crippen LogP) is 4.40. The molecule has 14 heavy (non-hydrogen) atoms. The predicted molar refractivity (Wildman–Crippen MR) is 51.5 cm³/mol. The van der Waals surface area contributed by atoms with Gasteiger partial charge < -0.3 is 0 Å². The van der Waals surface area contributed by atoms with Crippen molar-refractivity contribution in [2.45, 2.75) is 37.7 Å². The topological polar surface area (TPSA) is 0 Å². The van der Waals surface area contributed by atoms with E-state index in [1.807, 2.05) is 20.8 Å². The Kier molecular flexibility index (Phi) is 2.82. The van der Waals surface area contributed by atoms with E-state index in [1.165, 1.54) is 0 Å². The Bertz CT molecular complexity index is 233. The van der Waals surface area contributed by atoms with Crippen LogP contribution in [0.5, 0.6) is 0 Å². The molecule has 2 atom stereocenters. The van der Waals surface area contributed by atoms with Gasteiger partial charge in [0.2, 0.25) is 4.33 Å². The molecule has 84 valence electrons. The highest BCUT2D eigenvalue weighted by atomic mass is 35.5. The maximum atomic E-state index is 12.3. The van der Waals surface area contributed by atoms with E-state index in [4.69, 9.17) is 23.2 Å².